The van der Waals surface area contributed by atoms with Gasteiger partial charge in [-0.1, -0.05) is 30.7 Å². The van der Waals surface area contributed by atoms with Crippen LogP contribution in [0.15, 0.2) is 34.6 Å². The second-order valence-corrected chi connectivity index (χ2v) is 11.5. The molecule has 0 unspecified atom stereocenters. The molecule has 10 heteroatoms. The minimum Gasteiger partial charge on any atom is -0.508 e. The summed E-state index contributed by atoms with van der Waals surface area (Å²) in [6, 6.07) is 4.89. The minimum atomic E-state index is -3.90. The normalized spacial score (nSPS) is 14.4. The lowest BCUT2D eigenvalue weighted by molar-refractivity contribution is 0.0595. The molecule has 1 N–H and O–H groups in total. The molecule has 1 aliphatic rings. The van der Waals surface area contributed by atoms with Gasteiger partial charge < -0.3 is 9.84 Å². The van der Waals surface area contributed by atoms with Crippen molar-refractivity contribution in [1.82, 2.24) is 9.21 Å². The standard InChI is InChI=1S/C22H27ClN2O5S2/c1-5-25(11-14(2)3)32(28,29)22-20(21(27)30-4)17-8-9-24(13-19(17)31-22)12-15-10-16(23)6-7-18(15)26/h6-7,10,26H,2,5,8-9,11-13H2,1,3-4H3. The Labute approximate surface area is 197 Å². The molecular formula is C22H27ClN2O5S2. The number of hydrogen-bond donors (Lipinski definition) is 1. The van der Waals surface area contributed by atoms with Crippen LogP contribution in [0, 0.1) is 0 Å². The third kappa shape index (κ3) is 5.02. The lowest BCUT2D eigenvalue weighted by Gasteiger charge is -2.27. The second-order valence-electron chi connectivity index (χ2n) is 7.78. The molecule has 7 nitrogen and oxygen atoms in total. The van der Waals surface area contributed by atoms with Crippen molar-refractivity contribution in [1.29, 1.82) is 0 Å². The lowest BCUT2D eigenvalue weighted by atomic mass is 10.0. The third-order valence-electron chi connectivity index (χ3n) is 5.30. The zero-order valence-electron chi connectivity index (χ0n) is 18.4. The van der Waals surface area contributed by atoms with Gasteiger partial charge in [-0.25, -0.2) is 13.2 Å². The number of aromatic hydroxyl groups is 1. The van der Waals surface area contributed by atoms with Crippen molar-refractivity contribution in [2.45, 2.75) is 37.6 Å². The van der Waals surface area contributed by atoms with Gasteiger partial charge in [-0.05, 0) is 37.1 Å². The highest BCUT2D eigenvalue weighted by Gasteiger charge is 2.36. The van der Waals surface area contributed by atoms with Crippen LogP contribution in [0.3, 0.4) is 0 Å². The molecule has 2 heterocycles. The molecule has 174 valence electrons. The Hall–Kier alpha value is -1.91. The highest BCUT2D eigenvalue weighted by molar-refractivity contribution is 7.91. The van der Waals surface area contributed by atoms with Crippen molar-refractivity contribution in [2.75, 3.05) is 26.7 Å². The van der Waals surface area contributed by atoms with Gasteiger partial charge in [0.1, 0.15) is 9.96 Å². The molecule has 0 amide bonds. The summed E-state index contributed by atoms with van der Waals surface area (Å²) in [4.78, 5) is 15.5. The first-order chi connectivity index (χ1) is 15.1. The van der Waals surface area contributed by atoms with Gasteiger partial charge in [-0.3, -0.25) is 4.90 Å². The Morgan fingerprint density at radius 1 is 1.41 bits per heavy atom. The maximum Gasteiger partial charge on any atom is 0.340 e. The molecular weight excluding hydrogens is 472 g/mol. The zero-order chi connectivity index (χ0) is 23.6. The van der Waals surface area contributed by atoms with Crippen molar-refractivity contribution in [3.63, 3.8) is 0 Å². The second kappa shape index (κ2) is 9.93. The lowest BCUT2D eigenvalue weighted by Crippen LogP contribution is -2.33. The van der Waals surface area contributed by atoms with Gasteiger partial charge >= 0.3 is 5.97 Å². The largest absolute Gasteiger partial charge is 0.508 e. The van der Waals surface area contributed by atoms with E-state index in [1.165, 1.54) is 11.4 Å². The third-order valence-corrected chi connectivity index (χ3v) is 9.17. The number of methoxy groups -OCH3 is 1. The first-order valence-electron chi connectivity index (χ1n) is 10.2. The summed E-state index contributed by atoms with van der Waals surface area (Å²) >= 11 is 7.18. The van der Waals surface area contributed by atoms with Gasteiger partial charge in [0.15, 0.2) is 0 Å². The number of thiophene rings is 1. The Kier molecular flexibility index (Phi) is 7.67. The van der Waals surface area contributed by atoms with E-state index in [1.807, 2.05) is 0 Å². The van der Waals surface area contributed by atoms with E-state index in [2.05, 4.69) is 11.5 Å². The Bertz CT molecular complexity index is 1140. The van der Waals surface area contributed by atoms with Crippen molar-refractivity contribution >= 4 is 38.9 Å². The minimum absolute atomic E-state index is 0.0184. The van der Waals surface area contributed by atoms with E-state index in [4.69, 9.17) is 16.3 Å². The molecule has 1 aromatic heterocycles. The molecule has 1 aliphatic heterocycles. The van der Waals surface area contributed by atoms with Crippen LogP contribution < -0.4 is 0 Å². The summed E-state index contributed by atoms with van der Waals surface area (Å²) in [6.07, 6.45) is 0.500. The Balaban J connectivity index is 1.98. The molecule has 2 aromatic rings. The highest BCUT2D eigenvalue weighted by atomic mass is 35.5. The van der Waals surface area contributed by atoms with Crippen LogP contribution in [0.25, 0.3) is 0 Å². The number of rotatable bonds is 8. The molecule has 0 saturated carbocycles. The zero-order valence-corrected chi connectivity index (χ0v) is 20.7. The topological polar surface area (TPSA) is 87.2 Å². The van der Waals surface area contributed by atoms with Crippen LogP contribution >= 0.6 is 22.9 Å². The molecule has 32 heavy (non-hydrogen) atoms. The molecule has 0 atom stereocenters. The van der Waals surface area contributed by atoms with Crippen molar-refractivity contribution in [3.8, 4) is 5.75 Å². The number of carbonyl (C=O) groups excluding carboxylic acids is 1. The maximum atomic E-state index is 13.4. The van der Waals surface area contributed by atoms with Gasteiger partial charge in [0, 0.05) is 48.2 Å². The Morgan fingerprint density at radius 2 is 2.12 bits per heavy atom. The molecule has 0 aliphatic carbocycles. The molecule has 0 bridgehead atoms. The number of hydrogen-bond acceptors (Lipinski definition) is 7. The molecule has 1 aromatic carbocycles. The van der Waals surface area contributed by atoms with Gasteiger partial charge in [0.25, 0.3) is 10.0 Å². The van der Waals surface area contributed by atoms with Gasteiger partial charge in [-0.2, -0.15) is 4.31 Å². The van der Waals surface area contributed by atoms with E-state index in [9.17, 15) is 18.3 Å². The van der Waals surface area contributed by atoms with E-state index in [1.54, 1.807) is 32.0 Å². The number of nitrogens with zero attached hydrogens (tertiary/aromatic N) is 2. The molecule has 0 fully saturated rings. The predicted molar refractivity (Wildman–Crippen MR) is 126 cm³/mol. The van der Waals surface area contributed by atoms with Crippen LogP contribution in [0.5, 0.6) is 5.75 Å². The highest BCUT2D eigenvalue weighted by Crippen LogP contribution is 2.39. The van der Waals surface area contributed by atoms with Gasteiger partial charge in [0.05, 0.1) is 12.7 Å². The van der Waals surface area contributed by atoms with Crippen molar-refractivity contribution in [3.05, 3.63) is 56.9 Å². The summed E-state index contributed by atoms with van der Waals surface area (Å²) in [5, 5.41) is 10.7. The summed E-state index contributed by atoms with van der Waals surface area (Å²) in [5.74, 6) is -0.489. The van der Waals surface area contributed by atoms with E-state index in [0.29, 0.717) is 42.2 Å². The summed E-state index contributed by atoms with van der Waals surface area (Å²) in [5.41, 5.74) is 2.26. The van der Waals surface area contributed by atoms with Crippen molar-refractivity contribution in [2.24, 2.45) is 0 Å². The number of ether oxygens (including phenoxy) is 1. The average molecular weight is 499 g/mol. The number of phenols is 1. The molecule has 0 saturated heterocycles. The Morgan fingerprint density at radius 3 is 2.75 bits per heavy atom. The first kappa shape index (κ1) is 24.7. The average Bonchev–Trinajstić information content (AvgIpc) is 3.13. The number of halogens is 1. The van der Waals surface area contributed by atoms with Crippen molar-refractivity contribution < 1.29 is 23.1 Å². The van der Waals surface area contributed by atoms with Crippen LogP contribution in [-0.2, 0) is 34.3 Å². The fourth-order valence-corrected chi connectivity index (χ4v) is 7.53. The molecule has 3 rings (SSSR count). The van der Waals surface area contributed by atoms with Crippen LogP contribution in [-0.4, -0.2) is 55.4 Å². The van der Waals surface area contributed by atoms with Crippen LogP contribution in [0.4, 0.5) is 0 Å². The van der Waals surface area contributed by atoms with E-state index >= 15 is 0 Å². The van der Waals surface area contributed by atoms with Crippen LogP contribution in [0.1, 0.15) is 40.2 Å². The van der Waals surface area contributed by atoms with Crippen LogP contribution in [0.2, 0.25) is 5.02 Å². The summed E-state index contributed by atoms with van der Waals surface area (Å²) in [7, 11) is -2.65. The number of carbonyl (C=O) groups is 1. The first-order valence-corrected chi connectivity index (χ1v) is 12.8. The number of benzene rings is 1. The van der Waals surface area contributed by atoms with E-state index in [-0.39, 0.29) is 28.6 Å². The number of likely N-dealkylation sites (N-methyl/N-ethyl adjacent to an activating group) is 1. The summed E-state index contributed by atoms with van der Waals surface area (Å²) in [6.45, 7) is 9.30. The fraction of sp³-hybridized carbons (Fsp3) is 0.409. The van der Waals surface area contributed by atoms with Gasteiger partial charge in [0.2, 0.25) is 0 Å². The number of phenolic OH excluding ortho intramolecular Hbond substituents is 1. The summed E-state index contributed by atoms with van der Waals surface area (Å²) < 4.78 is 33.2. The van der Waals surface area contributed by atoms with E-state index < -0.39 is 16.0 Å². The smallest absolute Gasteiger partial charge is 0.340 e. The maximum absolute atomic E-state index is 13.4. The number of esters is 1. The van der Waals surface area contributed by atoms with Gasteiger partial charge in [-0.15, -0.1) is 11.3 Å². The fourth-order valence-electron chi connectivity index (χ4n) is 3.76. The number of fused-ring (bicyclic) bond motifs is 1. The number of sulfonamides is 1. The molecule has 0 radical (unpaired) electrons. The quantitative estimate of drug-likeness (QED) is 0.436. The van der Waals surface area contributed by atoms with E-state index in [0.717, 1.165) is 21.8 Å². The predicted octanol–water partition coefficient (Wildman–Crippen LogP) is 4.04. The molecule has 0 spiro atoms. The monoisotopic (exact) mass is 498 g/mol. The SMILES string of the molecule is C=C(C)CN(CC)S(=O)(=O)c1sc2c(c1C(=O)OC)CCN(Cc1cc(Cl)ccc1O)C2.